The van der Waals surface area contributed by atoms with Gasteiger partial charge >= 0.3 is 0 Å². The van der Waals surface area contributed by atoms with Crippen molar-refractivity contribution >= 4 is 21.8 Å². The summed E-state index contributed by atoms with van der Waals surface area (Å²) in [6, 6.07) is 4.24. The van der Waals surface area contributed by atoms with Crippen molar-refractivity contribution in [3.63, 3.8) is 0 Å². The van der Waals surface area contributed by atoms with Gasteiger partial charge in [-0.15, -0.1) is 0 Å². The monoisotopic (exact) mass is 331 g/mol. The second-order valence-corrected chi connectivity index (χ2v) is 5.70. The van der Waals surface area contributed by atoms with Crippen molar-refractivity contribution in [1.29, 1.82) is 0 Å². The fourth-order valence-corrected chi connectivity index (χ4v) is 2.20. The maximum absolute atomic E-state index is 13.5. The van der Waals surface area contributed by atoms with Crippen molar-refractivity contribution in [2.75, 3.05) is 13.2 Å². The third-order valence-corrected chi connectivity index (χ3v) is 3.22. The Balaban J connectivity index is 1.93. The molecule has 1 heterocycles. The van der Waals surface area contributed by atoms with Crippen LogP contribution in [0.1, 0.15) is 24.2 Å². The predicted molar refractivity (Wildman–Crippen MR) is 71.3 cm³/mol. The SMILES string of the molecule is CC1(C)OCC(CNC(=O)c2cc(Br)ccc2F)O1. The van der Waals surface area contributed by atoms with E-state index in [4.69, 9.17) is 9.47 Å². The molecule has 1 fully saturated rings. The Kier molecular flexibility index (Phi) is 4.23. The van der Waals surface area contributed by atoms with Crippen LogP contribution in [0.2, 0.25) is 0 Å². The summed E-state index contributed by atoms with van der Waals surface area (Å²) >= 11 is 3.21. The molecular weight excluding hydrogens is 317 g/mol. The van der Waals surface area contributed by atoms with Crippen molar-refractivity contribution in [3.05, 3.63) is 34.1 Å². The first-order chi connectivity index (χ1) is 8.87. The highest BCUT2D eigenvalue weighted by atomic mass is 79.9. The zero-order chi connectivity index (χ0) is 14.0. The summed E-state index contributed by atoms with van der Waals surface area (Å²) in [5, 5.41) is 2.64. The van der Waals surface area contributed by atoms with Crippen molar-refractivity contribution in [3.8, 4) is 0 Å². The number of carbonyl (C=O) groups is 1. The van der Waals surface area contributed by atoms with Crippen LogP contribution in [0.25, 0.3) is 0 Å². The van der Waals surface area contributed by atoms with E-state index >= 15 is 0 Å². The smallest absolute Gasteiger partial charge is 0.254 e. The summed E-state index contributed by atoms with van der Waals surface area (Å²) < 4.78 is 25.1. The minimum absolute atomic E-state index is 0.00699. The Morgan fingerprint density at radius 1 is 1.58 bits per heavy atom. The topological polar surface area (TPSA) is 47.6 Å². The molecule has 1 atom stereocenters. The first-order valence-corrected chi connectivity index (χ1v) is 6.72. The normalized spacial score (nSPS) is 21.4. The average molecular weight is 332 g/mol. The quantitative estimate of drug-likeness (QED) is 0.925. The van der Waals surface area contributed by atoms with Gasteiger partial charge in [-0.3, -0.25) is 4.79 Å². The van der Waals surface area contributed by atoms with Gasteiger partial charge < -0.3 is 14.8 Å². The van der Waals surface area contributed by atoms with E-state index in [1.165, 1.54) is 12.1 Å². The summed E-state index contributed by atoms with van der Waals surface area (Å²) in [4.78, 5) is 11.9. The van der Waals surface area contributed by atoms with E-state index < -0.39 is 17.5 Å². The zero-order valence-corrected chi connectivity index (χ0v) is 12.3. The van der Waals surface area contributed by atoms with E-state index in [0.717, 1.165) is 0 Å². The van der Waals surface area contributed by atoms with E-state index in [1.807, 2.05) is 13.8 Å². The predicted octanol–water partition coefficient (Wildman–Crippen LogP) is 2.47. The number of hydrogen-bond donors (Lipinski definition) is 1. The molecule has 104 valence electrons. The number of benzene rings is 1. The molecule has 0 aliphatic carbocycles. The average Bonchev–Trinajstić information content (AvgIpc) is 2.69. The molecule has 0 aromatic heterocycles. The first-order valence-electron chi connectivity index (χ1n) is 5.92. The van der Waals surface area contributed by atoms with Crippen LogP contribution >= 0.6 is 15.9 Å². The van der Waals surface area contributed by atoms with Crippen LogP contribution < -0.4 is 5.32 Å². The van der Waals surface area contributed by atoms with E-state index in [1.54, 1.807) is 6.07 Å². The van der Waals surface area contributed by atoms with Gasteiger partial charge in [0.15, 0.2) is 5.79 Å². The van der Waals surface area contributed by atoms with Crippen LogP contribution in [0.5, 0.6) is 0 Å². The number of rotatable bonds is 3. The number of hydrogen-bond acceptors (Lipinski definition) is 3. The molecule has 2 rings (SSSR count). The van der Waals surface area contributed by atoms with Crippen LogP contribution in [0.3, 0.4) is 0 Å². The Labute approximate surface area is 119 Å². The number of nitrogens with one attached hydrogen (secondary N) is 1. The molecule has 0 radical (unpaired) electrons. The summed E-state index contributed by atoms with van der Waals surface area (Å²) in [6.45, 7) is 4.31. The Hall–Kier alpha value is -0.980. The minimum Gasteiger partial charge on any atom is -0.349 e. The highest BCUT2D eigenvalue weighted by Gasteiger charge is 2.32. The maximum Gasteiger partial charge on any atom is 0.254 e. The standard InChI is InChI=1S/C13H15BrFNO3/c1-13(2)18-7-9(19-13)6-16-12(17)10-5-8(14)3-4-11(10)15/h3-5,9H,6-7H2,1-2H3,(H,16,17). The highest BCUT2D eigenvalue weighted by molar-refractivity contribution is 9.10. The van der Waals surface area contributed by atoms with Gasteiger partial charge in [0.1, 0.15) is 11.9 Å². The van der Waals surface area contributed by atoms with E-state index in [0.29, 0.717) is 11.1 Å². The largest absolute Gasteiger partial charge is 0.349 e. The van der Waals surface area contributed by atoms with Gasteiger partial charge in [0.25, 0.3) is 5.91 Å². The van der Waals surface area contributed by atoms with Gasteiger partial charge in [-0.05, 0) is 32.0 Å². The van der Waals surface area contributed by atoms with Gasteiger partial charge in [-0.25, -0.2) is 4.39 Å². The van der Waals surface area contributed by atoms with Crippen molar-refractivity contribution in [1.82, 2.24) is 5.32 Å². The number of carbonyl (C=O) groups excluding carboxylic acids is 1. The fraction of sp³-hybridized carbons (Fsp3) is 0.462. The molecule has 1 aliphatic rings. The Morgan fingerprint density at radius 3 is 2.95 bits per heavy atom. The van der Waals surface area contributed by atoms with Gasteiger partial charge in [0.2, 0.25) is 0 Å². The minimum atomic E-state index is -0.629. The van der Waals surface area contributed by atoms with Crippen molar-refractivity contribution in [2.24, 2.45) is 0 Å². The molecule has 1 N–H and O–H groups in total. The zero-order valence-electron chi connectivity index (χ0n) is 10.7. The summed E-state index contributed by atoms with van der Waals surface area (Å²) in [6.07, 6.45) is -0.214. The molecular formula is C13H15BrFNO3. The number of amides is 1. The van der Waals surface area contributed by atoms with Crippen LogP contribution in [-0.4, -0.2) is 30.9 Å². The van der Waals surface area contributed by atoms with Crippen molar-refractivity contribution < 1.29 is 18.7 Å². The summed E-state index contributed by atoms with van der Waals surface area (Å²) in [5.41, 5.74) is 0.00699. The van der Waals surface area contributed by atoms with Crippen molar-refractivity contribution in [2.45, 2.75) is 25.7 Å². The molecule has 1 aromatic rings. The third kappa shape index (κ3) is 3.75. The first kappa shape index (κ1) is 14.4. The van der Waals surface area contributed by atoms with E-state index in [9.17, 15) is 9.18 Å². The molecule has 6 heteroatoms. The maximum atomic E-state index is 13.5. The summed E-state index contributed by atoms with van der Waals surface area (Å²) in [7, 11) is 0. The molecule has 1 saturated heterocycles. The molecule has 1 unspecified atom stereocenters. The lowest BCUT2D eigenvalue weighted by Gasteiger charge is -2.17. The second-order valence-electron chi connectivity index (χ2n) is 4.78. The van der Waals surface area contributed by atoms with Gasteiger partial charge in [0, 0.05) is 11.0 Å². The lowest BCUT2D eigenvalue weighted by atomic mass is 10.2. The van der Waals surface area contributed by atoms with Gasteiger partial charge in [-0.2, -0.15) is 0 Å². The second kappa shape index (κ2) is 5.56. The number of halogens is 2. The lowest BCUT2D eigenvalue weighted by molar-refractivity contribution is -0.137. The molecule has 0 bridgehead atoms. The molecule has 19 heavy (non-hydrogen) atoms. The van der Waals surface area contributed by atoms with Crippen LogP contribution in [-0.2, 0) is 9.47 Å². The Morgan fingerprint density at radius 2 is 2.32 bits per heavy atom. The van der Waals surface area contributed by atoms with Crippen LogP contribution in [0.15, 0.2) is 22.7 Å². The van der Waals surface area contributed by atoms with Crippen LogP contribution in [0.4, 0.5) is 4.39 Å². The molecule has 0 spiro atoms. The van der Waals surface area contributed by atoms with E-state index in [-0.39, 0.29) is 18.2 Å². The van der Waals surface area contributed by atoms with Crippen LogP contribution in [0, 0.1) is 5.82 Å². The molecule has 1 aromatic carbocycles. The highest BCUT2D eigenvalue weighted by Crippen LogP contribution is 2.22. The molecule has 1 aliphatic heterocycles. The molecule has 4 nitrogen and oxygen atoms in total. The van der Waals surface area contributed by atoms with E-state index in [2.05, 4.69) is 21.2 Å². The summed E-state index contributed by atoms with van der Waals surface area (Å²) in [5.74, 6) is -1.65. The van der Waals surface area contributed by atoms with Gasteiger partial charge in [0.05, 0.1) is 12.2 Å². The third-order valence-electron chi connectivity index (χ3n) is 2.73. The van der Waals surface area contributed by atoms with Gasteiger partial charge in [-0.1, -0.05) is 15.9 Å². The Bertz CT molecular complexity index is 493. The number of ether oxygens (including phenoxy) is 2. The fourth-order valence-electron chi connectivity index (χ4n) is 1.84. The molecule has 1 amide bonds. The lowest BCUT2D eigenvalue weighted by Crippen LogP contribution is -2.34. The molecule has 0 saturated carbocycles.